The van der Waals surface area contributed by atoms with E-state index in [1.807, 2.05) is 60.7 Å². The molecule has 0 radical (unpaired) electrons. The van der Waals surface area contributed by atoms with Crippen LogP contribution in [0.15, 0.2) is 71.8 Å². The molecule has 6 nitrogen and oxygen atoms in total. The van der Waals surface area contributed by atoms with E-state index in [1.54, 1.807) is 21.3 Å². The molecule has 158 valence electrons. The number of rotatable bonds is 5. The van der Waals surface area contributed by atoms with E-state index in [0.29, 0.717) is 11.5 Å². The quantitative estimate of drug-likeness (QED) is 0.589. The van der Waals surface area contributed by atoms with Crippen molar-refractivity contribution >= 4 is 5.71 Å². The van der Waals surface area contributed by atoms with Crippen molar-refractivity contribution in [1.29, 1.82) is 0 Å². The van der Waals surface area contributed by atoms with Crippen LogP contribution in [0.2, 0.25) is 0 Å². The van der Waals surface area contributed by atoms with Gasteiger partial charge in [0.15, 0.2) is 11.5 Å². The lowest BCUT2D eigenvalue weighted by molar-refractivity contribution is -0.0191. The molecule has 0 unspecified atom stereocenters. The maximum atomic E-state index is 6.43. The SMILES string of the molecule is COc1ccc(C2=NN3[C@H](C2)c2ccccc2O[C@H]3c2ccc(OC)c(OC)c2)cc1. The van der Waals surface area contributed by atoms with Crippen LogP contribution in [0.3, 0.4) is 0 Å². The van der Waals surface area contributed by atoms with Crippen molar-refractivity contribution in [2.75, 3.05) is 21.3 Å². The van der Waals surface area contributed by atoms with Gasteiger partial charge in [0.05, 0.1) is 33.1 Å². The van der Waals surface area contributed by atoms with Gasteiger partial charge in [0.2, 0.25) is 6.23 Å². The third-order valence-electron chi connectivity index (χ3n) is 5.82. The van der Waals surface area contributed by atoms with Crippen molar-refractivity contribution < 1.29 is 18.9 Å². The molecule has 0 aliphatic carbocycles. The molecule has 0 bridgehead atoms. The zero-order chi connectivity index (χ0) is 21.4. The van der Waals surface area contributed by atoms with Gasteiger partial charge in [0, 0.05) is 17.5 Å². The van der Waals surface area contributed by atoms with E-state index < -0.39 is 0 Å². The van der Waals surface area contributed by atoms with Gasteiger partial charge in [-0.15, -0.1) is 0 Å². The Hall–Kier alpha value is -3.67. The molecule has 2 aliphatic heterocycles. The summed E-state index contributed by atoms with van der Waals surface area (Å²) in [6.07, 6.45) is 0.437. The Kier molecular flexibility index (Phi) is 4.90. The molecule has 5 rings (SSSR count). The second-order valence-electron chi connectivity index (χ2n) is 7.50. The molecule has 2 aliphatic rings. The molecule has 3 aromatic rings. The van der Waals surface area contributed by atoms with Gasteiger partial charge in [0.25, 0.3) is 0 Å². The van der Waals surface area contributed by atoms with Crippen LogP contribution in [-0.4, -0.2) is 32.0 Å². The first-order chi connectivity index (χ1) is 15.2. The minimum atomic E-state index is -0.365. The molecule has 0 aromatic heterocycles. The molecule has 6 heteroatoms. The first-order valence-corrected chi connectivity index (χ1v) is 10.2. The maximum absolute atomic E-state index is 6.43. The van der Waals surface area contributed by atoms with Gasteiger partial charge in [-0.05, 0) is 54.1 Å². The first kappa shape index (κ1) is 19.3. The lowest BCUT2D eigenvalue weighted by atomic mass is 9.96. The lowest BCUT2D eigenvalue weighted by Crippen LogP contribution is -2.33. The third kappa shape index (κ3) is 3.34. The van der Waals surface area contributed by atoms with Gasteiger partial charge in [-0.25, -0.2) is 5.01 Å². The minimum absolute atomic E-state index is 0.0974. The summed E-state index contributed by atoms with van der Waals surface area (Å²) in [5.41, 5.74) is 4.21. The Bertz CT molecular complexity index is 1130. The Labute approximate surface area is 181 Å². The van der Waals surface area contributed by atoms with Gasteiger partial charge >= 0.3 is 0 Å². The van der Waals surface area contributed by atoms with Crippen molar-refractivity contribution in [3.8, 4) is 23.0 Å². The van der Waals surface area contributed by atoms with Crippen LogP contribution in [0.25, 0.3) is 0 Å². The van der Waals surface area contributed by atoms with Crippen LogP contribution in [-0.2, 0) is 0 Å². The molecule has 31 heavy (non-hydrogen) atoms. The Morgan fingerprint density at radius 1 is 0.871 bits per heavy atom. The molecular formula is C25H24N2O4. The molecule has 3 aromatic carbocycles. The van der Waals surface area contributed by atoms with Crippen molar-refractivity contribution in [2.45, 2.75) is 18.7 Å². The summed E-state index contributed by atoms with van der Waals surface area (Å²) in [4.78, 5) is 0. The summed E-state index contributed by atoms with van der Waals surface area (Å²) in [7, 11) is 4.94. The summed E-state index contributed by atoms with van der Waals surface area (Å²) in [5, 5.41) is 7.06. The highest BCUT2D eigenvalue weighted by molar-refractivity contribution is 6.02. The fourth-order valence-corrected chi connectivity index (χ4v) is 4.22. The molecule has 0 amide bonds. The number of ether oxygens (including phenoxy) is 4. The maximum Gasteiger partial charge on any atom is 0.214 e. The number of hydrogen-bond acceptors (Lipinski definition) is 6. The highest BCUT2D eigenvalue weighted by Crippen LogP contribution is 2.48. The number of fused-ring (bicyclic) bond motifs is 3. The van der Waals surface area contributed by atoms with Gasteiger partial charge in [-0.3, -0.25) is 0 Å². The van der Waals surface area contributed by atoms with Crippen molar-refractivity contribution in [3.05, 3.63) is 83.4 Å². The lowest BCUT2D eigenvalue weighted by Gasteiger charge is -2.38. The minimum Gasteiger partial charge on any atom is -0.497 e. The van der Waals surface area contributed by atoms with Crippen LogP contribution in [0.1, 0.15) is 35.4 Å². The fraction of sp³-hybridized carbons (Fsp3) is 0.240. The van der Waals surface area contributed by atoms with Crippen LogP contribution in [0.4, 0.5) is 0 Å². The van der Waals surface area contributed by atoms with Crippen molar-refractivity contribution in [2.24, 2.45) is 5.10 Å². The third-order valence-corrected chi connectivity index (χ3v) is 5.82. The molecule has 2 atom stereocenters. The van der Waals surface area contributed by atoms with E-state index in [4.69, 9.17) is 24.0 Å². The standard InChI is InChI=1S/C25H24N2O4/c1-28-18-11-8-16(9-12-18)20-15-21-19-6-4-5-7-22(19)31-25(27(21)26-20)17-10-13-23(29-2)24(14-17)30-3/h4-14,21,25H,15H2,1-3H3/t21-,25+/m1/s1. The van der Waals surface area contributed by atoms with Gasteiger partial charge in [-0.1, -0.05) is 18.2 Å². The number of nitrogens with zero attached hydrogens (tertiary/aromatic N) is 2. The molecular weight excluding hydrogens is 392 g/mol. The largest absolute Gasteiger partial charge is 0.497 e. The van der Waals surface area contributed by atoms with Crippen molar-refractivity contribution in [3.63, 3.8) is 0 Å². The number of hydrazone groups is 1. The normalized spacial score (nSPS) is 19.1. The summed E-state index contributed by atoms with van der Waals surface area (Å²) >= 11 is 0. The Morgan fingerprint density at radius 3 is 2.39 bits per heavy atom. The van der Waals surface area contributed by atoms with Gasteiger partial charge in [0.1, 0.15) is 11.5 Å². The fourth-order valence-electron chi connectivity index (χ4n) is 4.22. The van der Waals surface area contributed by atoms with E-state index in [2.05, 4.69) is 11.1 Å². The first-order valence-electron chi connectivity index (χ1n) is 10.2. The van der Waals surface area contributed by atoms with Crippen LogP contribution in [0, 0.1) is 0 Å². The van der Waals surface area contributed by atoms with Crippen LogP contribution >= 0.6 is 0 Å². The molecule has 0 fully saturated rings. The number of methoxy groups -OCH3 is 3. The number of benzene rings is 3. The zero-order valence-electron chi connectivity index (χ0n) is 17.7. The number of para-hydroxylation sites is 1. The molecule has 2 heterocycles. The monoisotopic (exact) mass is 416 g/mol. The topological polar surface area (TPSA) is 52.5 Å². The molecule has 0 saturated carbocycles. The summed E-state index contributed by atoms with van der Waals surface area (Å²) < 4.78 is 22.6. The smallest absolute Gasteiger partial charge is 0.214 e. The predicted molar refractivity (Wildman–Crippen MR) is 118 cm³/mol. The molecule has 0 saturated heterocycles. The van der Waals surface area contributed by atoms with Crippen LogP contribution in [0.5, 0.6) is 23.0 Å². The Balaban J connectivity index is 1.56. The zero-order valence-corrected chi connectivity index (χ0v) is 17.7. The molecule has 0 N–H and O–H groups in total. The Morgan fingerprint density at radius 2 is 1.65 bits per heavy atom. The summed E-state index contributed by atoms with van der Waals surface area (Å²) in [6.45, 7) is 0. The second kappa shape index (κ2) is 7.87. The van der Waals surface area contributed by atoms with Crippen molar-refractivity contribution in [1.82, 2.24) is 5.01 Å². The summed E-state index contributed by atoms with van der Waals surface area (Å²) in [5.74, 6) is 3.06. The van der Waals surface area contributed by atoms with E-state index in [0.717, 1.165) is 40.3 Å². The number of hydrogen-bond donors (Lipinski definition) is 0. The van der Waals surface area contributed by atoms with E-state index >= 15 is 0 Å². The predicted octanol–water partition coefficient (Wildman–Crippen LogP) is 4.95. The van der Waals surface area contributed by atoms with E-state index in [9.17, 15) is 0 Å². The highest BCUT2D eigenvalue weighted by Gasteiger charge is 2.41. The molecule has 0 spiro atoms. The van der Waals surface area contributed by atoms with Gasteiger partial charge < -0.3 is 18.9 Å². The average molecular weight is 416 g/mol. The highest BCUT2D eigenvalue weighted by atomic mass is 16.5. The van der Waals surface area contributed by atoms with Gasteiger partial charge in [-0.2, -0.15) is 5.10 Å². The van der Waals surface area contributed by atoms with E-state index in [-0.39, 0.29) is 12.3 Å². The summed E-state index contributed by atoms with van der Waals surface area (Å²) in [6, 6.07) is 22.2. The van der Waals surface area contributed by atoms with E-state index in [1.165, 1.54) is 0 Å². The van der Waals surface area contributed by atoms with Crippen LogP contribution < -0.4 is 18.9 Å². The average Bonchev–Trinajstić information content (AvgIpc) is 3.29. The second-order valence-corrected chi connectivity index (χ2v) is 7.50.